The lowest BCUT2D eigenvalue weighted by molar-refractivity contribution is 0.584. The first-order valence-corrected chi connectivity index (χ1v) is 7.17. The van der Waals surface area contributed by atoms with Gasteiger partial charge < -0.3 is 5.32 Å². The Morgan fingerprint density at radius 3 is 2.25 bits per heavy atom. The predicted octanol–water partition coefficient (Wildman–Crippen LogP) is 3.82. The number of benzene rings is 1. The molecule has 2 rings (SSSR count). The van der Waals surface area contributed by atoms with Gasteiger partial charge in [0.15, 0.2) is 0 Å². The average molecular weight is 268 g/mol. The first-order valence-electron chi connectivity index (χ1n) is 7.17. The molecular formula is C18H24N2. The number of pyridine rings is 1. The van der Waals surface area contributed by atoms with Gasteiger partial charge in [-0.1, -0.05) is 17.7 Å². The minimum Gasteiger partial charge on any atom is -0.313 e. The molecule has 1 aromatic carbocycles. The summed E-state index contributed by atoms with van der Waals surface area (Å²) >= 11 is 0. The summed E-state index contributed by atoms with van der Waals surface area (Å²) in [5.41, 5.74) is 8.12. The van der Waals surface area contributed by atoms with Crippen molar-refractivity contribution in [2.45, 2.75) is 40.2 Å². The Kier molecular flexibility index (Phi) is 4.56. The van der Waals surface area contributed by atoms with E-state index in [4.69, 9.17) is 0 Å². The quantitative estimate of drug-likeness (QED) is 0.912. The second-order valence-electron chi connectivity index (χ2n) is 5.65. The minimum absolute atomic E-state index is 0.309. The first kappa shape index (κ1) is 14.7. The Balaban J connectivity index is 2.35. The second kappa shape index (κ2) is 6.19. The second-order valence-corrected chi connectivity index (χ2v) is 5.65. The lowest BCUT2D eigenvalue weighted by atomic mass is 9.91. The van der Waals surface area contributed by atoms with Crippen molar-refractivity contribution in [1.29, 1.82) is 0 Å². The van der Waals surface area contributed by atoms with Gasteiger partial charge in [-0.25, -0.2) is 0 Å². The Morgan fingerprint density at radius 2 is 1.70 bits per heavy atom. The highest BCUT2D eigenvalue weighted by Crippen LogP contribution is 2.25. The minimum atomic E-state index is 0.309. The van der Waals surface area contributed by atoms with Crippen molar-refractivity contribution in [3.05, 3.63) is 64.0 Å². The number of nitrogens with zero attached hydrogens (tertiary/aromatic N) is 1. The maximum absolute atomic E-state index is 4.27. The van der Waals surface area contributed by atoms with Crippen LogP contribution >= 0.6 is 0 Å². The van der Waals surface area contributed by atoms with E-state index in [1.807, 2.05) is 19.4 Å². The van der Waals surface area contributed by atoms with Crippen LogP contribution in [0.4, 0.5) is 0 Å². The lowest BCUT2D eigenvalue weighted by Gasteiger charge is -2.21. The molecule has 1 aromatic heterocycles. The summed E-state index contributed by atoms with van der Waals surface area (Å²) in [6.07, 6.45) is 4.84. The summed E-state index contributed by atoms with van der Waals surface area (Å²) in [7, 11) is 2.02. The fraction of sp³-hybridized carbons (Fsp3) is 0.389. The summed E-state index contributed by atoms with van der Waals surface area (Å²) in [5.74, 6) is 0. The zero-order valence-corrected chi connectivity index (χ0v) is 13.1. The third-order valence-electron chi connectivity index (χ3n) is 4.05. The SMILES string of the molecule is CNC(Cc1c(C)cc(C)cc1C)c1cnccc1C. The summed E-state index contributed by atoms with van der Waals surface area (Å²) in [5, 5.41) is 3.44. The third-order valence-corrected chi connectivity index (χ3v) is 4.05. The largest absolute Gasteiger partial charge is 0.313 e. The molecule has 1 atom stereocenters. The highest BCUT2D eigenvalue weighted by molar-refractivity contribution is 5.39. The summed E-state index contributed by atoms with van der Waals surface area (Å²) in [6, 6.07) is 6.92. The van der Waals surface area contributed by atoms with E-state index < -0.39 is 0 Å². The van der Waals surface area contributed by atoms with Gasteiger partial charge in [0.25, 0.3) is 0 Å². The molecule has 0 fully saturated rings. The summed E-state index contributed by atoms with van der Waals surface area (Å²) in [6.45, 7) is 8.72. The van der Waals surface area contributed by atoms with Gasteiger partial charge in [0.2, 0.25) is 0 Å². The molecule has 0 aliphatic carbocycles. The van der Waals surface area contributed by atoms with Crippen molar-refractivity contribution in [2.24, 2.45) is 0 Å². The van der Waals surface area contributed by atoms with Gasteiger partial charge in [-0.2, -0.15) is 0 Å². The number of hydrogen-bond donors (Lipinski definition) is 1. The van der Waals surface area contributed by atoms with E-state index in [0.29, 0.717) is 6.04 Å². The molecule has 106 valence electrons. The Labute approximate surface area is 122 Å². The molecular weight excluding hydrogens is 244 g/mol. The van der Waals surface area contributed by atoms with Crippen molar-refractivity contribution in [3.8, 4) is 0 Å². The van der Waals surface area contributed by atoms with Gasteiger partial charge in [-0.15, -0.1) is 0 Å². The molecule has 1 N–H and O–H groups in total. The molecule has 1 unspecified atom stereocenters. The van der Waals surface area contributed by atoms with E-state index in [0.717, 1.165) is 6.42 Å². The smallest absolute Gasteiger partial charge is 0.0376 e. The molecule has 1 heterocycles. The van der Waals surface area contributed by atoms with Crippen LogP contribution < -0.4 is 5.32 Å². The van der Waals surface area contributed by atoms with E-state index in [-0.39, 0.29) is 0 Å². The van der Waals surface area contributed by atoms with Crippen LogP contribution in [0.2, 0.25) is 0 Å². The molecule has 0 amide bonds. The highest BCUT2D eigenvalue weighted by Gasteiger charge is 2.15. The molecule has 0 spiro atoms. The van der Waals surface area contributed by atoms with Crippen molar-refractivity contribution in [1.82, 2.24) is 10.3 Å². The zero-order chi connectivity index (χ0) is 14.7. The molecule has 0 aliphatic heterocycles. The maximum Gasteiger partial charge on any atom is 0.0376 e. The fourth-order valence-corrected chi connectivity index (χ4v) is 2.94. The van der Waals surface area contributed by atoms with E-state index in [1.165, 1.54) is 33.4 Å². The number of hydrogen-bond acceptors (Lipinski definition) is 2. The molecule has 2 heteroatoms. The molecule has 2 aromatic rings. The number of aromatic nitrogens is 1. The van der Waals surface area contributed by atoms with Crippen molar-refractivity contribution in [3.63, 3.8) is 0 Å². The average Bonchev–Trinajstić information content (AvgIpc) is 2.39. The van der Waals surface area contributed by atoms with Crippen LogP contribution in [-0.2, 0) is 6.42 Å². The lowest BCUT2D eigenvalue weighted by Crippen LogP contribution is -2.21. The number of likely N-dealkylation sites (N-methyl/N-ethyl adjacent to an activating group) is 1. The van der Waals surface area contributed by atoms with Gasteiger partial charge in [-0.05, 0) is 75.0 Å². The van der Waals surface area contributed by atoms with E-state index in [2.05, 4.69) is 56.2 Å². The molecule has 0 radical (unpaired) electrons. The molecule has 0 saturated carbocycles. The van der Waals surface area contributed by atoms with E-state index in [9.17, 15) is 0 Å². The zero-order valence-electron chi connectivity index (χ0n) is 13.1. The van der Waals surface area contributed by atoms with Crippen molar-refractivity contribution >= 4 is 0 Å². The Morgan fingerprint density at radius 1 is 1.05 bits per heavy atom. The van der Waals surface area contributed by atoms with Gasteiger partial charge >= 0.3 is 0 Å². The summed E-state index contributed by atoms with van der Waals surface area (Å²) < 4.78 is 0. The van der Waals surface area contributed by atoms with E-state index in [1.54, 1.807) is 0 Å². The van der Waals surface area contributed by atoms with Crippen molar-refractivity contribution in [2.75, 3.05) is 7.05 Å². The number of rotatable bonds is 4. The molecule has 0 saturated heterocycles. The Hall–Kier alpha value is -1.67. The van der Waals surface area contributed by atoms with E-state index >= 15 is 0 Å². The van der Waals surface area contributed by atoms with Gasteiger partial charge in [-0.3, -0.25) is 4.98 Å². The van der Waals surface area contributed by atoms with Crippen LogP contribution in [-0.4, -0.2) is 12.0 Å². The molecule has 0 bridgehead atoms. The van der Waals surface area contributed by atoms with Crippen LogP contribution in [0.3, 0.4) is 0 Å². The van der Waals surface area contributed by atoms with Crippen molar-refractivity contribution < 1.29 is 0 Å². The highest BCUT2D eigenvalue weighted by atomic mass is 14.9. The molecule has 0 aliphatic rings. The normalized spacial score (nSPS) is 12.4. The van der Waals surface area contributed by atoms with Crippen LogP contribution in [0.1, 0.15) is 39.4 Å². The third kappa shape index (κ3) is 3.07. The van der Waals surface area contributed by atoms with Gasteiger partial charge in [0.1, 0.15) is 0 Å². The topological polar surface area (TPSA) is 24.9 Å². The van der Waals surface area contributed by atoms with Gasteiger partial charge in [0, 0.05) is 18.4 Å². The standard InChI is InChI=1S/C18H24N2/c1-12-8-14(3)16(15(4)9-12)10-18(19-5)17-11-20-7-6-13(17)2/h6-9,11,18-19H,10H2,1-5H3. The fourth-order valence-electron chi connectivity index (χ4n) is 2.94. The van der Waals surface area contributed by atoms with Crippen LogP contribution in [0.5, 0.6) is 0 Å². The number of aryl methyl sites for hydroxylation is 4. The van der Waals surface area contributed by atoms with Crippen LogP contribution in [0.25, 0.3) is 0 Å². The van der Waals surface area contributed by atoms with Crippen LogP contribution in [0.15, 0.2) is 30.6 Å². The van der Waals surface area contributed by atoms with Gasteiger partial charge in [0.05, 0.1) is 0 Å². The number of nitrogens with one attached hydrogen (secondary N) is 1. The Bertz CT molecular complexity index is 579. The van der Waals surface area contributed by atoms with Crippen LogP contribution in [0, 0.1) is 27.7 Å². The molecule has 20 heavy (non-hydrogen) atoms. The predicted molar refractivity (Wildman–Crippen MR) is 85.1 cm³/mol. The summed E-state index contributed by atoms with van der Waals surface area (Å²) in [4.78, 5) is 4.27. The maximum atomic E-state index is 4.27. The first-order chi connectivity index (χ1) is 9.52. The monoisotopic (exact) mass is 268 g/mol. The molecule has 2 nitrogen and oxygen atoms in total.